The second-order valence-corrected chi connectivity index (χ2v) is 3.06. The highest BCUT2D eigenvalue weighted by atomic mass is 16.5. The molecule has 0 unspecified atom stereocenters. The van der Waals surface area contributed by atoms with Gasteiger partial charge in [-0.2, -0.15) is 0 Å². The van der Waals surface area contributed by atoms with Gasteiger partial charge in [0.25, 0.3) is 0 Å². The molecule has 0 saturated heterocycles. The maximum absolute atomic E-state index is 10.7. The molecule has 4 N–H and O–H groups in total. The lowest BCUT2D eigenvalue weighted by molar-refractivity contribution is -0.148. The maximum Gasteiger partial charge on any atom is 0.371 e. The fourth-order valence-electron chi connectivity index (χ4n) is 1.12. The van der Waals surface area contributed by atoms with Gasteiger partial charge >= 0.3 is 5.97 Å². The highest BCUT2D eigenvalue weighted by molar-refractivity contribution is 5.84. The van der Waals surface area contributed by atoms with E-state index in [1.807, 2.05) is 0 Å². The molecule has 0 radical (unpaired) electrons. The van der Waals surface area contributed by atoms with E-state index in [2.05, 4.69) is 5.32 Å². The van der Waals surface area contributed by atoms with Crippen molar-refractivity contribution in [1.29, 1.82) is 0 Å². The largest absolute Gasteiger partial charge is 0.475 e. The number of carboxylic acids is 1. The molecule has 0 spiro atoms. The molecule has 7 heteroatoms. The van der Waals surface area contributed by atoms with Gasteiger partial charge in [0.1, 0.15) is 12.2 Å². The molecule has 3 atom stereocenters. The number of aliphatic carboxylic acids is 1. The average molecular weight is 217 g/mol. The van der Waals surface area contributed by atoms with E-state index in [-0.39, 0.29) is 0 Å². The van der Waals surface area contributed by atoms with Crippen LogP contribution in [-0.4, -0.2) is 45.6 Å². The first-order valence-corrected chi connectivity index (χ1v) is 4.17. The van der Waals surface area contributed by atoms with Gasteiger partial charge in [0.2, 0.25) is 17.9 Å². The van der Waals surface area contributed by atoms with E-state index >= 15 is 0 Å². The summed E-state index contributed by atoms with van der Waals surface area (Å²) in [6.45, 7) is 1.18. The topological polar surface area (TPSA) is 116 Å². The third-order valence-corrected chi connectivity index (χ3v) is 1.79. The normalized spacial score (nSPS) is 30.1. The molecule has 0 aromatic carbocycles. The molecule has 1 amide bonds. The molecule has 15 heavy (non-hydrogen) atoms. The lowest BCUT2D eigenvalue weighted by atomic mass is 10.1. The molecule has 1 rings (SSSR count). The number of hydrogen-bond donors (Lipinski definition) is 4. The van der Waals surface area contributed by atoms with Crippen molar-refractivity contribution >= 4 is 11.9 Å². The molecule has 1 heterocycles. The summed E-state index contributed by atoms with van der Waals surface area (Å²) in [7, 11) is 0. The van der Waals surface area contributed by atoms with Crippen LogP contribution in [0.2, 0.25) is 0 Å². The molecule has 0 aromatic heterocycles. The number of rotatable bonds is 2. The number of hydrogen-bond acceptors (Lipinski definition) is 5. The van der Waals surface area contributed by atoms with Crippen LogP contribution in [0.25, 0.3) is 0 Å². The van der Waals surface area contributed by atoms with E-state index in [0.717, 1.165) is 6.08 Å². The molecule has 0 fully saturated rings. The van der Waals surface area contributed by atoms with E-state index in [1.165, 1.54) is 6.92 Å². The van der Waals surface area contributed by atoms with Gasteiger partial charge in [-0.3, -0.25) is 4.79 Å². The van der Waals surface area contributed by atoms with Crippen molar-refractivity contribution in [2.45, 2.75) is 25.4 Å². The molecular weight excluding hydrogens is 206 g/mol. The molecule has 0 bridgehead atoms. The van der Waals surface area contributed by atoms with Crippen molar-refractivity contribution in [1.82, 2.24) is 5.32 Å². The Morgan fingerprint density at radius 1 is 1.47 bits per heavy atom. The van der Waals surface area contributed by atoms with Crippen molar-refractivity contribution in [2.75, 3.05) is 0 Å². The Bertz CT molecular complexity index is 312. The van der Waals surface area contributed by atoms with Gasteiger partial charge in [0.15, 0.2) is 0 Å². The number of carboxylic acid groups (broad SMARTS) is 1. The first kappa shape index (κ1) is 11.5. The number of aliphatic hydroxyl groups excluding tert-OH is 2. The fraction of sp³-hybridized carbons (Fsp3) is 0.500. The molecule has 1 aliphatic heterocycles. The quantitative estimate of drug-likeness (QED) is 0.432. The fourth-order valence-corrected chi connectivity index (χ4v) is 1.12. The highest BCUT2D eigenvalue weighted by Gasteiger charge is 2.34. The zero-order valence-electron chi connectivity index (χ0n) is 7.88. The van der Waals surface area contributed by atoms with Crippen LogP contribution < -0.4 is 5.32 Å². The van der Waals surface area contributed by atoms with Crippen LogP contribution in [0.4, 0.5) is 0 Å². The first-order chi connectivity index (χ1) is 6.91. The molecule has 0 aliphatic carbocycles. The SMILES string of the molecule is CC(=O)N[C@@H]1OC(C(=O)O)=C[C@H](O)[C@H]1O. The summed E-state index contributed by atoms with van der Waals surface area (Å²) < 4.78 is 4.76. The van der Waals surface area contributed by atoms with Gasteiger partial charge in [0, 0.05) is 6.92 Å². The lowest BCUT2D eigenvalue weighted by Gasteiger charge is -2.30. The smallest absolute Gasteiger partial charge is 0.371 e. The van der Waals surface area contributed by atoms with Crippen molar-refractivity contribution in [3.05, 3.63) is 11.8 Å². The van der Waals surface area contributed by atoms with Crippen molar-refractivity contribution in [2.24, 2.45) is 0 Å². The highest BCUT2D eigenvalue weighted by Crippen LogP contribution is 2.16. The van der Waals surface area contributed by atoms with Gasteiger partial charge in [-0.15, -0.1) is 0 Å². The summed E-state index contributed by atoms with van der Waals surface area (Å²) in [6.07, 6.45) is -3.17. The number of ether oxygens (including phenoxy) is 1. The van der Waals surface area contributed by atoms with Crippen molar-refractivity contribution < 1.29 is 29.6 Å². The second-order valence-electron chi connectivity index (χ2n) is 3.06. The van der Waals surface area contributed by atoms with Gasteiger partial charge in [-0.05, 0) is 6.08 Å². The number of carbonyl (C=O) groups excluding carboxylic acids is 1. The van der Waals surface area contributed by atoms with Gasteiger partial charge in [-0.1, -0.05) is 0 Å². The van der Waals surface area contributed by atoms with E-state index < -0.39 is 36.1 Å². The van der Waals surface area contributed by atoms with Crippen LogP contribution in [0, 0.1) is 0 Å². The third kappa shape index (κ3) is 2.67. The average Bonchev–Trinajstić information content (AvgIpc) is 2.11. The van der Waals surface area contributed by atoms with Crippen LogP contribution in [0.1, 0.15) is 6.92 Å². The van der Waals surface area contributed by atoms with Gasteiger partial charge in [0.05, 0.1) is 0 Å². The number of amides is 1. The van der Waals surface area contributed by atoms with Gasteiger partial charge < -0.3 is 25.4 Å². The minimum Gasteiger partial charge on any atom is -0.475 e. The molecule has 7 nitrogen and oxygen atoms in total. The monoisotopic (exact) mass is 217 g/mol. The minimum atomic E-state index is -1.39. The molecule has 84 valence electrons. The summed E-state index contributed by atoms with van der Waals surface area (Å²) >= 11 is 0. The Morgan fingerprint density at radius 3 is 2.53 bits per heavy atom. The van der Waals surface area contributed by atoms with Gasteiger partial charge in [-0.25, -0.2) is 4.79 Å². The molecular formula is C8H11NO6. The Morgan fingerprint density at radius 2 is 2.07 bits per heavy atom. The summed E-state index contributed by atoms with van der Waals surface area (Å²) in [4.78, 5) is 21.2. The van der Waals surface area contributed by atoms with E-state index in [4.69, 9.17) is 9.84 Å². The van der Waals surface area contributed by atoms with Crippen molar-refractivity contribution in [3.63, 3.8) is 0 Å². The standard InChI is InChI=1S/C8H11NO6/c1-3(10)9-7-6(12)4(11)2-5(15-7)8(13)14/h2,4,6-7,11-12H,1H3,(H,9,10)(H,13,14)/t4-,6+,7+/m0/s1. The minimum absolute atomic E-state index is 0.502. The second kappa shape index (κ2) is 4.28. The summed E-state index contributed by atoms with van der Waals surface area (Å²) in [5, 5.41) is 29.4. The Balaban J connectivity index is 2.81. The number of carbonyl (C=O) groups is 2. The summed E-state index contributed by atoms with van der Waals surface area (Å²) in [5.41, 5.74) is 0. The van der Waals surface area contributed by atoms with Crippen LogP contribution in [0.3, 0.4) is 0 Å². The molecule has 0 aromatic rings. The predicted octanol–water partition coefficient (Wildman–Crippen LogP) is -1.83. The van der Waals surface area contributed by atoms with Crippen molar-refractivity contribution in [3.8, 4) is 0 Å². The van der Waals surface area contributed by atoms with Crippen LogP contribution in [0.15, 0.2) is 11.8 Å². The maximum atomic E-state index is 10.7. The number of aliphatic hydroxyl groups is 2. The Hall–Kier alpha value is -1.60. The van der Waals surface area contributed by atoms with Crippen LogP contribution in [-0.2, 0) is 14.3 Å². The number of nitrogens with one attached hydrogen (secondary N) is 1. The van der Waals surface area contributed by atoms with Crippen LogP contribution in [0.5, 0.6) is 0 Å². The zero-order valence-corrected chi connectivity index (χ0v) is 7.88. The van der Waals surface area contributed by atoms with E-state index in [0.29, 0.717) is 0 Å². The zero-order chi connectivity index (χ0) is 11.6. The summed E-state index contributed by atoms with van der Waals surface area (Å²) in [5.74, 6) is -2.39. The predicted molar refractivity (Wildman–Crippen MR) is 46.4 cm³/mol. The lowest BCUT2D eigenvalue weighted by Crippen LogP contribution is -2.51. The van der Waals surface area contributed by atoms with Crippen LogP contribution >= 0.6 is 0 Å². The Kier molecular flexibility index (Phi) is 3.28. The first-order valence-electron chi connectivity index (χ1n) is 4.17. The van der Waals surface area contributed by atoms with E-state index in [9.17, 15) is 19.8 Å². The molecule has 0 saturated carbocycles. The summed E-state index contributed by atoms with van der Waals surface area (Å²) in [6, 6.07) is 0. The molecule has 1 aliphatic rings. The van der Waals surface area contributed by atoms with E-state index in [1.54, 1.807) is 0 Å². The Labute approximate surface area is 85.0 Å². The third-order valence-electron chi connectivity index (χ3n) is 1.79.